The normalized spacial score (nSPS) is 19.9. The van der Waals surface area contributed by atoms with Gasteiger partial charge in [-0.15, -0.1) is 0 Å². The Morgan fingerprint density at radius 2 is 1.78 bits per heavy atom. The van der Waals surface area contributed by atoms with E-state index >= 15 is 0 Å². The average molecular weight is 313 g/mol. The molecule has 1 heterocycles. The highest BCUT2D eigenvalue weighted by Crippen LogP contribution is 2.33. The molecule has 0 saturated carbocycles. The fraction of sp³-hybridized carbons (Fsp3) is 0.278. The summed E-state index contributed by atoms with van der Waals surface area (Å²) in [4.78, 5) is 4.51. The molecule has 0 aromatic heterocycles. The lowest BCUT2D eigenvalue weighted by molar-refractivity contribution is 0.152. The van der Waals surface area contributed by atoms with E-state index in [1.807, 2.05) is 48.5 Å². The third-order valence-electron chi connectivity index (χ3n) is 3.82. The largest absolute Gasteiger partial charge is 0.493 e. The van der Waals surface area contributed by atoms with Gasteiger partial charge in [-0.2, -0.15) is 0 Å². The summed E-state index contributed by atoms with van der Waals surface area (Å²) in [7, 11) is 3.18. The first-order chi connectivity index (χ1) is 11.3. The quantitative estimate of drug-likeness (QED) is 0.921. The van der Waals surface area contributed by atoms with E-state index in [1.165, 1.54) is 0 Å². The Kier molecular flexibility index (Phi) is 4.48. The van der Waals surface area contributed by atoms with Crippen LogP contribution in [-0.4, -0.2) is 37.9 Å². The highest BCUT2D eigenvalue weighted by molar-refractivity contribution is 5.96. The van der Waals surface area contributed by atoms with Gasteiger partial charge in [-0.3, -0.25) is 0 Å². The third kappa shape index (κ3) is 3.00. The molecular formula is C18H19NO4. The van der Waals surface area contributed by atoms with Crippen LogP contribution in [0, 0.1) is 0 Å². The third-order valence-corrected chi connectivity index (χ3v) is 3.82. The van der Waals surface area contributed by atoms with E-state index in [2.05, 4.69) is 4.99 Å². The van der Waals surface area contributed by atoms with Crippen molar-refractivity contribution < 1.29 is 19.3 Å². The van der Waals surface area contributed by atoms with Crippen molar-refractivity contribution >= 4 is 5.90 Å². The number of hydrogen-bond acceptors (Lipinski definition) is 5. The van der Waals surface area contributed by atoms with Crippen molar-refractivity contribution in [1.82, 2.24) is 0 Å². The van der Waals surface area contributed by atoms with E-state index in [0.29, 0.717) is 17.4 Å². The number of hydrogen-bond donors (Lipinski definition) is 1. The minimum absolute atomic E-state index is 0.0731. The van der Waals surface area contributed by atoms with Crippen LogP contribution in [0.3, 0.4) is 0 Å². The SMILES string of the molecule is COc1ccc(C2=N[C@H](CO)[C@H](c3ccccc3)O2)cc1OC. The number of methoxy groups -OCH3 is 2. The van der Waals surface area contributed by atoms with Crippen LogP contribution in [0.5, 0.6) is 11.5 Å². The molecule has 23 heavy (non-hydrogen) atoms. The molecule has 0 bridgehead atoms. The van der Waals surface area contributed by atoms with Crippen LogP contribution in [0.2, 0.25) is 0 Å². The molecule has 0 saturated heterocycles. The van der Waals surface area contributed by atoms with Crippen molar-refractivity contribution in [3.8, 4) is 11.5 Å². The summed E-state index contributed by atoms with van der Waals surface area (Å²) in [5, 5.41) is 9.61. The van der Waals surface area contributed by atoms with Crippen molar-refractivity contribution in [3.63, 3.8) is 0 Å². The number of rotatable bonds is 5. The van der Waals surface area contributed by atoms with E-state index in [0.717, 1.165) is 11.1 Å². The van der Waals surface area contributed by atoms with Crippen LogP contribution in [0.25, 0.3) is 0 Å². The second-order valence-corrected chi connectivity index (χ2v) is 5.20. The van der Waals surface area contributed by atoms with Gasteiger partial charge in [0.15, 0.2) is 17.6 Å². The molecule has 2 aromatic carbocycles. The van der Waals surface area contributed by atoms with E-state index in [1.54, 1.807) is 14.2 Å². The molecule has 0 aliphatic carbocycles. The van der Waals surface area contributed by atoms with Gasteiger partial charge >= 0.3 is 0 Å². The highest BCUT2D eigenvalue weighted by Gasteiger charge is 2.32. The van der Waals surface area contributed by atoms with Crippen molar-refractivity contribution in [2.45, 2.75) is 12.1 Å². The lowest BCUT2D eigenvalue weighted by Crippen LogP contribution is -2.17. The summed E-state index contributed by atoms with van der Waals surface area (Å²) in [6.07, 6.45) is -0.288. The minimum atomic E-state index is -0.319. The molecular weight excluding hydrogens is 294 g/mol. The standard InChI is InChI=1S/C18H19NO4/c1-21-15-9-8-13(10-16(15)22-2)18-19-14(11-20)17(23-18)12-6-4-3-5-7-12/h3-10,14,17,20H,11H2,1-2H3/t14-,17+/m1/s1. The van der Waals surface area contributed by atoms with Crippen LogP contribution >= 0.6 is 0 Å². The predicted molar refractivity (Wildman–Crippen MR) is 87.2 cm³/mol. The van der Waals surface area contributed by atoms with Crippen molar-refractivity contribution in [2.75, 3.05) is 20.8 Å². The van der Waals surface area contributed by atoms with Crippen molar-refractivity contribution in [3.05, 3.63) is 59.7 Å². The molecule has 120 valence electrons. The topological polar surface area (TPSA) is 60.3 Å². The van der Waals surface area contributed by atoms with Crippen molar-refractivity contribution in [2.24, 2.45) is 4.99 Å². The van der Waals surface area contributed by atoms with Crippen LogP contribution in [-0.2, 0) is 4.74 Å². The highest BCUT2D eigenvalue weighted by atomic mass is 16.5. The predicted octanol–water partition coefficient (Wildman–Crippen LogP) is 2.58. The van der Waals surface area contributed by atoms with Gasteiger partial charge in [0.1, 0.15) is 6.04 Å². The van der Waals surface area contributed by atoms with Gasteiger partial charge < -0.3 is 19.3 Å². The fourth-order valence-electron chi connectivity index (χ4n) is 2.63. The number of aliphatic hydroxyl groups excluding tert-OH is 1. The molecule has 1 aliphatic rings. The zero-order chi connectivity index (χ0) is 16.2. The Morgan fingerprint density at radius 1 is 1.04 bits per heavy atom. The first-order valence-electron chi connectivity index (χ1n) is 7.39. The van der Waals surface area contributed by atoms with Gasteiger partial charge in [-0.1, -0.05) is 30.3 Å². The molecule has 1 aliphatic heterocycles. The Hall–Kier alpha value is -2.53. The smallest absolute Gasteiger partial charge is 0.217 e. The Bertz CT molecular complexity index is 699. The van der Waals surface area contributed by atoms with Gasteiger partial charge in [-0.25, -0.2) is 4.99 Å². The molecule has 0 spiro atoms. The van der Waals surface area contributed by atoms with E-state index in [-0.39, 0.29) is 18.8 Å². The monoisotopic (exact) mass is 313 g/mol. The van der Waals surface area contributed by atoms with E-state index in [4.69, 9.17) is 14.2 Å². The number of aliphatic hydroxyl groups is 1. The summed E-state index contributed by atoms with van der Waals surface area (Å²) < 4.78 is 16.6. The van der Waals surface area contributed by atoms with Crippen LogP contribution < -0.4 is 9.47 Å². The molecule has 2 aromatic rings. The van der Waals surface area contributed by atoms with Gasteiger partial charge in [-0.05, 0) is 23.8 Å². The summed E-state index contributed by atoms with van der Waals surface area (Å²) in [6.45, 7) is -0.0731. The lowest BCUT2D eigenvalue weighted by atomic mass is 10.0. The van der Waals surface area contributed by atoms with Gasteiger partial charge in [0.05, 0.1) is 20.8 Å². The maximum atomic E-state index is 9.61. The summed E-state index contributed by atoms with van der Waals surface area (Å²) in [5.74, 6) is 1.76. The van der Waals surface area contributed by atoms with Crippen LogP contribution in [0.4, 0.5) is 0 Å². The summed E-state index contributed by atoms with van der Waals surface area (Å²) >= 11 is 0. The lowest BCUT2D eigenvalue weighted by Gasteiger charge is -2.16. The molecule has 0 unspecified atom stereocenters. The number of aliphatic imine (C=N–C) groups is 1. The van der Waals surface area contributed by atoms with Gasteiger partial charge in [0.25, 0.3) is 0 Å². The van der Waals surface area contributed by atoms with Crippen molar-refractivity contribution in [1.29, 1.82) is 0 Å². The molecule has 0 fully saturated rings. The fourth-order valence-corrected chi connectivity index (χ4v) is 2.63. The molecule has 0 amide bonds. The maximum absolute atomic E-state index is 9.61. The molecule has 1 N–H and O–H groups in total. The van der Waals surface area contributed by atoms with Crippen LogP contribution in [0.1, 0.15) is 17.2 Å². The van der Waals surface area contributed by atoms with Gasteiger partial charge in [0.2, 0.25) is 5.90 Å². The zero-order valence-corrected chi connectivity index (χ0v) is 13.1. The van der Waals surface area contributed by atoms with E-state index < -0.39 is 0 Å². The Labute approximate surface area is 135 Å². The first-order valence-corrected chi connectivity index (χ1v) is 7.39. The molecule has 5 heteroatoms. The molecule has 2 atom stereocenters. The number of nitrogens with zero attached hydrogens (tertiary/aromatic N) is 1. The Morgan fingerprint density at radius 3 is 2.43 bits per heavy atom. The summed E-state index contributed by atoms with van der Waals surface area (Å²) in [6, 6.07) is 15.0. The van der Waals surface area contributed by atoms with Gasteiger partial charge in [0, 0.05) is 5.56 Å². The first kappa shape index (κ1) is 15.4. The maximum Gasteiger partial charge on any atom is 0.217 e. The molecule has 5 nitrogen and oxygen atoms in total. The molecule has 0 radical (unpaired) electrons. The number of ether oxygens (including phenoxy) is 3. The summed E-state index contributed by atoms with van der Waals surface area (Å²) in [5.41, 5.74) is 1.78. The van der Waals surface area contributed by atoms with E-state index in [9.17, 15) is 5.11 Å². The van der Waals surface area contributed by atoms with Crippen LogP contribution in [0.15, 0.2) is 53.5 Å². The number of benzene rings is 2. The average Bonchev–Trinajstić information content (AvgIpc) is 3.06. The minimum Gasteiger partial charge on any atom is -0.493 e. The zero-order valence-electron chi connectivity index (χ0n) is 13.1. The second kappa shape index (κ2) is 6.71. The Balaban J connectivity index is 1.89. The molecule has 3 rings (SSSR count). The second-order valence-electron chi connectivity index (χ2n) is 5.20.